The number of hydrogen-bond acceptors (Lipinski definition) is 6. The van der Waals surface area contributed by atoms with Crippen LogP contribution in [0.15, 0.2) is 30.3 Å². The quantitative estimate of drug-likeness (QED) is 0.778. The number of hydroxylamine groups is 2. The zero-order valence-corrected chi connectivity index (χ0v) is 12.8. The fraction of sp³-hybridized carbons (Fsp3) is 0.462. The molecular weight excluding hydrogens is 297 g/mol. The van der Waals surface area contributed by atoms with Crippen LogP contribution in [0.25, 0.3) is 0 Å². The first-order valence-corrected chi connectivity index (χ1v) is 8.06. The highest BCUT2D eigenvalue weighted by molar-refractivity contribution is 7.54. The highest BCUT2D eigenvalue weighted by Gasteiger charge is 2.46. The number of ether oxygens (including phenoxy) is 1. The molecule has 7 nitrogen and oxygen atoms in total. The van der Waals surface area contributed by atoms with Gasteiger partial charge in [0.2, 0.25) is 0 Å². The van der Waals surface area contributed by atoms with Crippen LogP contribution in [0.5, 0.6) is 0 Å². The molecule has 0 saturated carbocycles. The van der Waals surface area contributed by atoms with E-state index in [4.69, 9.17) is 18.6 Å². The predicted octanol–water partition coefficient (Wildman–Crippen LogP) is 2.77. The Labute approximate surface area is 123 Å². The van der Waals surface area contributed by atoms with Crippen LogP contribution in [0.2, 0.25) is 0 Å². The van der Waals surface area contributed by atoms with Crippen molar-refractivity contribution in [1.29, 1.82) is 0 Å². The molecule has 1 saturated heterocycles. The maximum absolute atomic E-state index is 12.4. The SMILES string of the molecule is COP(=O)(OC)[C@@H]1CCON1C(=O)OCc1ccccc1. The van der Waals surface area contributed by atoms with E-state index in [1.165, 1.54) is 14.2 Å². The van der Waals surface area contributed by atoms with Crippen LogP contribution in [0, 0.1) is 0 Å². The summed E-state index contributed by atoms with van der Waals surface area (Å²) in [4.78, 5) is 17.2. The van der Waals surface area contributed by atoms with E-state index in [1.54, 1.807) is 0 Å². The van der Waals surface area contributed by atoms with E-state index in [1.807, 2.05) is 30.3 Å². The largest absolute Gasteiger partial charge is 0.443 e. The molecule has 1 aromatic carbocycles. The second-order valence-electron chi connectivity index (χ2n) is 4.37. The summed E-state index contributed by atoms with van der Waals surface area (Å²) in [5, 5.41) is 0.941. The molecule has 2 rings (SSSR count). The van der Waals surface area contributed by atoms with Gasteiger partial charge in [-0.25, -0.2) is 4.79 Å². The summed E-state index contributed by atoms with van der Waals surface area (Å²) in [5.74, 6) is -0.796. The Bertz CT molecular complexity index is 515. The lowest BCUT2D eigenvalue weighted by Crippen LogP contribution is -2.35. The lowest BCUT2D eigenvalue weighted by Gasteiger charge is -2.26. The molecule has 0 unspecified atom stereocenters. The van der Waals surface area contributed by atoms with Gasteiger partial charge in [0.05, 0.1) is 6.61 Å². The third-order valence-corrected chi connectivity index (χ3v) is 5.35. The lowest BCUT2D eigenvalue weighted by atomic mass is 10.2. The minimum atomic E-state index is -3.43. The normalized spacial score (nSPS) is 18.8. The van der Waals surface area contributed by atoms with Gasteiger partial charge in [-0.3, -0.25) is 9.40 Å². The second kappa shape index (κ2) is 7.04. The fourth-order valence-corrected chi connectivity index (χ4v) is 3.50. The maximum atomic E-state index is 12.4. The van der Waals surface area contributed by atoms with Crippen LogP contribution >= 0.6 is 7.60 Å². The average Bonchev–Trinajstić information content (AvgIpc) is 3.03. The van der Waals surface area contributed by atoms with Gasteiger partial charge in [-0.2, -0.15) is 5.06 Å². The molecule has 21 heavy (non-hydrogen) atoms. The molecule has 8 heteroatoms. The summed E-state index contributed by atoms with van der Waals surface area (Å²) >= 11 is 0. The van der Waals surface area contributed by atoms with Crippen molar-refractivity contribution in [3.63, 3.8) is 0 Å². The molecule has 116 valence electrons. The van der Waals surface area contributed by atoms with Crippen LogP contribution in [0.3, 0.4) is 0 Å². The van der Waals surface area contributed by atoms with Crippen molar-refractivity contribution < 1.29 is 28.0 Å². The zero-order valence-electron chi connectivity index (χ0n) is 11.9. The molecule has 1 amide bonds. The number of rotatable bonds is 5. The minimum absolute atomic E-state index is 0.108. The smallest absolute Gasteiger partial charge is 0.435 e. The van der Waals surface area contributed by atoms with E-state index < -0.39 is 19.5 Å². The molecule has 0 N–H and O–H groups in total. The van der Waals surface area contributed by atoms with Gasteiger partial charge in [-0.05, 0) is 5.56 Å². The average molecular weight is 315 g/mol. The van der Waals surface area contributed by atoms with Crippen molar-refractivity contribution in [2.24, 2.45) is 0 Å². The van der Waals surface area contributed by atoms with Crippen LogP contribution in [-0.2, 0) is 29.8 Å². The molecule has 0 spiro atoms. The van der Waals surface area contributed by atoms with Crippen LogP contribution in [-0.4, -0.2) is 37.8 Å². The van der Waals surface area contributed by atoms with E-state index >= 15 is 0 Å². The highest BCUT2D eigenvalue weighted by Crippen LogP contribution is 2.55. The predicted molar refractivity (Wildman–Crippen MR) is 74.4 cm³/mol. The van der Waals surface area contributed by atoms with E-state index in [0.29, 0.717) is 6.42 Å². The summed E-state index contributed by atoms with van der Waals surface area (Å²) in [6.45, 7) is 0.359. The Morgan fingerprint density at radius 3 is 2.62 bits per heavy atom. The van der Waals surface area contributed by atoms with Crippen molar-refractivity contribution in [2.75, 3.05) is 20.8 Å². The standard InChI is InChI=1S/C13H18NO6P/c1-17-21(16,18-2)12-8-9-20-14(12)13(15)19-10-11-6-4-3-5-7-11/h3-7,12H,8-10H2,1-2H3/t12-/m1/s1. The second-order valence-corrected chi connectivity index (χ2v) is 6.78. The topological polar surface area (TPSA) is 74.3 Å². The van der Waals surface area contributed by atoms with Gasteiger partial charge in [-0.15, -0.1) is 0 Å². The van der Waals surface area contributed by atoms with Crippen molar-refractivity contribution in [3.05, 3.63) is 35.9 Å². The van der Waals surface area contributed by atoms with E-state index in [2.05, 4.69) is 0 Å². The number of amides is 1. The number of hydrogen-bond donors (Lipinski definition) is 0. The number of benzene rings is 1. The number of carbonyl (C=O) groups excluding carboxylic acids is 1. The Balaban J connectivity index is 1.99. The summed E-state index contributed by atoms with van der Waals surface area (Å²) in [7, 11) is -0.887. The first kappa shape index (κ1) is 16.0. The van der Waals surface area contributed by atoms with Gasteiger partial charge in [0, 0.05) is 20.6 Å². The molecular formula is C13H18NO6P. The van der Waals surface area contributed by atoms with Gasteiger partial charge in [-0.1, -0.05) is 30.3 Å². The molecule has 1 atom stereocenters. The molecule has 0 aromatic heterocycles. The lowest BCUT2D eigenvalue weighted by molar-refractivity contribution is -0.103. The van der Waals surface area contributed by atoms with Crippen LogP contribution < -0.4 is 0 Å². The van der Waals surface area contributed by atoms with Crippen LogP contribution in [0.1, 0.15) is 12.0 Å². The molecule has 1 aliphatic rings. The Morgan fingerprint density at radius 1 is 1.33 bits per heavy atom. The summed E-state index contributed by atoms with van der Waals surface area (Å²) in [6.07, 6.45) is -0.352. The first-order chi connectivity index (χ1) is 10.1. The number of carbonyl (C=O) groups is 1. The molecule has 0 bridgehead atoms. The highest BCUT2D eigenvalue weighted by atomic mass is 31.2. The van der Waals surface area contributed by atoms with Gasteiger partial charge >= 0.3 is 13.7 Å². The third kappa shape index (κ3) is 3.63. The monoisotopic (exact) mass is 315 g/mol. The Morgan fingerprint density at radius 2 is 2.00 bits per heavy atom. The van der Waals surface area contributed by atoms with E-state index in [-0.39, 0.29) is 13.2 Å². The van der Waals surface area contributed by atoms with Crippen molar-refractivity contribution in [3.8, 4) is 0 Å². The first-order valence-electron chi connectivity index (χ1n) is 6.44. The summed E-state index contributed by atoms with van der Waals surface area (Å²) in [6, 6.07) is 9.25. The van der Waals surface area contributed by atoms with Gasteiger partial charge in [0.25, 0.3) is 0 Å². The Hall–Kier alpha value is -1.40. The molecule has 1 heterocycles. The number of nitrogens with zero attached hydrogens (tertiary/aromatic N) is 1. The zero-order chi connectivity index (χ0) is 15.3. The van der Waals surface area contributed by atoms with Crippen LogP contribution in [0.4, 0.5) is 4.79 Å². The maximum Gasteiger partial charge on any atom is 0.435 e. The van der Waals surface area contributed by atoms with Crippen molar-refractivity contribution in [1.82, 2.24) is 5.06 Å². The van der Waals surface area contributed by atoms with Crippen molar-refractivity contribution in [2.45, 2.75) is 18.8 Å². The molecule has 0 radical (unpaired) electrons. The summed E-state index contributed by atoms with van der Waals surface area (Å²) in [5.41, 5.74) is 0.850. The Kier molecular flexibility index (Phi) is 5.36. The van der Waals surface area contributed by atoms with E-state index in [0.717, 1.165) is 10.6 Å². The molecule has 0 aliphatic carbocycles. The van der Waals surface area contributed by atoms with Crippen molar-refractivity contribution >= 4 is 13.7 Å². The summed E-state index contributed by atoms with van der Waals surface area (Å²) < 4.78 is 27.4. The van der Waals surface area contributed by atoms with Gasteiger partial charge < -0.3 is 13.8 Å². The van der Waals surface area contributed by atoms with Gasteiger partial charge in [0.1, 0.15) is 6.61 Å². The van der Waals surface area contributed by atoms with Gasteiger partial charge in [0.15, 0.2) is 5.78 Å². The molecule has 1 aromatic rings. The van der Waals surface area contributed by atoms with E-state index in [9.17, 15) is 9.36 Å². The molecule has 1 aliphatic heterocycles. The minimum Gasteiger partial charge on any atom is -0.443 e. The molecule has 1 fully saturated rings. The third-order valence-electron chi connectivity index (χ3n) is 3.14. The fourth-order valence-electron chi connectivity index (χ4n) is 2.02.